The van der Waals surface area contributed by atoms with Gasteiger partial charge in [0.15, 0.2) is 0 Å². The molecule has 0 N–H and O–H groups in total. The molecule has 2 amide bonds. The number of nitrogens with zero attached hydrogens (tertiary/aromatic N) is 4. The van der Waals surface area contributed by atoms with E-state index in [0.29, 0.717) is 12.6 Å². The number of anilines is 2. The van der Waals surface area contributed by atoms with E-state index in [9.17, 15) is 13.6 Å². The minimum atomic E-state index is -0.233. The number of rotatable bonds is 2. The lowest BCUT2D eigenvalue weighted by molar-refractivity contribution is 0.104. The molecular formula is C26H32F2N4O. The van der Waals surface area contributed by atoms with Crippen LogP contribution in [0.15, 0.2) is 42.5 Å². The Bertz CT molecular complexity index is 1010. The molecule has 0 unspecified atom stereocenters. The third kappa shape index (κ3) is 4.07. The molecule has 0 aliphatic carbocycles. The van der Waals surface area contributed by atoms with Gasteiger partial charge < -0.3 is 14.7 Å². The minimum absolute atomic E-state index is 0.0460. The first-order chi connectivity index (χ1) is 15.9. The normalized spacial score (nSPS) is 20.8. The van der Waals surface area contributed by atoms with Crippen molar-refractivity contribution in [1.29, 1.82) is 0 Å². The molecule has 2 aromatic carbocycles. The van der Waals surface area contributed by atoms with Crippen LogP contribution in [0.25, 0.3) is 0 Å². The van der Waals surface area contributed by atoms with Crippen LogP contribution in [0, 0.1) is 11.6 Å². The standard InChI is InChI=1S/C26H32F2N4O/c1-29(2)25(33)32-18-26(23-17-20(28)5-8-24(23)32)11-15-31(16-12-26)22-9-13-30(14-10-22)21-6-3-19(27)4-7-21/h3-8,17,22H,9-16,18H2,1-2H3. The van der Waals surface area contributed by atoms with E-state index in [0.717, 1.165) is 68.8 Å². The number of hydrogen-bond acceptors (Lipinski definition) is 3. The number of urea groups is 1. The Balaban J connectivity index is 1.25. The van der Waals surface area contributed by atoms with Crippen molar-refractivity contribution in [2.24, 2.45) is 0 Å². The van der Waals surface area contributed by atoms with Crippen LogP contribution in [-0.4, -0.2) is 68.7 Å². The van der Waals surface area contributed by atoms with Gasteiger partial charge in [0.05, 0.1) is 0 Å². The van der Waals surface area contributed by atoms with Crippen LogP contribution in [0.4, 0.5) is 25.0 Å². The molecular weight excluding hydrogens is 422 g/mol. The van der Waals surface area contributed by atoms with Crippen LogP contribution in [0.2, 0.25) is 0 Å². The van der Waals surface area contributed by atoms with E-state index in [1.807, 2.05) is 17.0 Å². The number of amides is 2. The van der Waals surface area contributed by atoms with E-state index in [2.05, 4.69) is 9.80 Å². The Morgan fingerprint density at radius 2 is 1.58 bits per heavy atom. The van der Waals surface area contributed by atoms with Crippen molar-refractivity contribution in [1.82, 2.24) is 9.80 Å². The molecule has 0 aromatic heterocycles. The number of hydrogen-bond donors (Lipinski definition) is 0. The fraction of sp³-hybridized carbons (Fsp3) is 0.500. The van der Waals surface area contributed by atoms with Gasteiger partial charge in [0.25, 0.3) is 0 Å². The number of carbonyl (C=O) groups is 1. The van der Waals surface area contributed by atoms with Crippen molar-refractivity contribution in [3.8, 4) is 0 Å². The molecule has 2 saturated heterocycles. The fourth-order valence-electron chi connectivity index (χ4n) is 5.94. The van der Waals surface area contributed by atoms with E-state index in [1.165, 1.54) is 18.2 Å². The molecule has 2 fully saturated rings. The quantitative estimate of drug-likeness (QED) is 0.671. The molecule has 0 saturated carbocycles. The first kappa shape index (κ1) is 22.1. The van der Waals surface area contributed by atoms with Crippen molar-refractivity contribution >= 4 is 17.4 Å². The molecule has 0 atom stereocenters. The summed E-state index contributed by atoms with van der Waals surface area (Å²) >= 11 is 0. The molecule has 33 heavy (non-hydrogen) atoms. The zero-order valence-corrected chi connectivity index (χ0v) is 19.4. The average molecular weight is 455 g/mol. The van der Waals surface area contributed by atoms with Gasteiger partial charge in [0.1, 0.15) is 11.6 Å². The zero-order valence-electron chi connectivity index (χ0n) is 19.4. The average Bonchev–Trinajstić information content (AvgIpc) is 3.12. The van der Waals surface area contributed by atoms with Crippen LogP contribution in [0.3, 0.4) is 0 Å². The first-order valence-electron chi connectivity index (χ1n) is 11.9. The Labute approximate surface area is 194 Å². The van der Waals surface area contributed by atoms with Gasteiger partial charge in [-0.15, -0.1) is 0 Å². The van der Waals surface area contributed by atoms with Crippen molar-refractivity contribution in [2.75, 3.05) is 56.6 Å². The third-order valence-electron chi connectivity index (χ3n) is 7.82. The van der Waals surface area contributed by atoms with Gasteiger partial charge in [-0.1, -0.05) is 0 Å². The van der Waals surface area contributed by atoms with Gasteiger partial charge >= 0.3 is 6.03 Å². The van der Waals surface area contributed by atoms with Crippen LogP contribution in [0.1, 0.15) is 31.2 Å². The first-order valence-corrected chi connectivity index (χ1v) is 11.9. The topological polar surface area (TPSA) is 30.0 Å². The Morgan fingerprint density at radius 3 is 2.21 bits per heavy atom. The van der Waals surface area contributed by atoms with E-state index >= 15 is 0 Å². The summed E-state index contributed by atoms with van der Waals surface area (Å²) in [5.41, 5.74) is 2.76. The summed E-state index contributed by atoms with van der Waals surface area (Å²) in [5, 5.41) is 0. The summed E-state index contributed by atoms with van der Waals surface area (Å²) < 4.78 is 27.4. The monoisotopic (exact) mass is 454 g/mol. The molecule has 5 rings (SSSR count). The maximum absolute atomic E-state index is 14.2. The summed E-state index contributed by atoms with van der Waals surface area (Å²) in [7, 11) is 3.52. The van der Waals surface area contributed by atoms with Crippen molar-refractivity contribution in [2.45, 2.75) is 37.1 Å². The number of fused-ring (bicyclic) bond motifs is 2. The van der Waals surface area contributed by atoms with Crippen molar-refractivity contribution in [3.63, 3.8) is 0 Å². The van der Waals surface area contributed by atoms with E-state index in [1.54, 1.807) is 31.1 Å². The van der Waals surface area contributed by atoms with Gasteiger partial charge in [-0.25, -0.2) is 13.6 Å². The highest BCUT2D eigenvalue weighted by Crippen LogP contribution is 2.48. The van der Waals surface area contributed by atoms with Crippen molar-refractivity contribution < 1.29 is 13.6 Å². The predicted molar refractivity (Wildman–Crippen MR) is 127 cm³/mol. The molecule has 0 bridgehead atoms. The maximum Gasteiger partial charge on any atom is 0.323 e. The maximum atomic E-state index is 14.2. The molecule has 3 heterocycles. The Morgan fingerprint density at radius 1 is 0.939 bits per heavy atom. The number of likely N-dealkylation sites (tertiary alicyclic amines) is 1. The predicted octanol–water partition coefficient (Wildman–Crippen LogP) is 4.47. The van der Waals surface area contributed by atoms with E-state index < -0.39 is 0 Å². The summed E-state index contributed by atoms with van der Waals surface area (Å²) in [6, 6.07) is 12.1. The minimum Gasteiger partial charge on any atom is -0.371 e. The van der Waals surface area contributed by atoms with E-state index in [-0.39, 0.29) is 23.1 Å². The third-order valence-corrected chi connectivity index (χ3v) is 7.82. The van der Waals surface area contributed by atoms with Gasteiger partial charge in [0.2, 0.25) is 0 Å². The van der Waals surface area contributed by atoms with Gasteiger partial charge in [-0.2, -0.15) is 0 Å². The van der Waals surface area contributed by atoms with Crippen LogP contribution in [0.5, 0.6) is 0 Å². The number of benzene rings is 2. The smallest absolute Gasteiger partial charge is 0.323 e. The summed E-state index contributed by atoms with van der Waals surface area (Å²) in [4.78, 5) is 21.2. The number of halogens is 2. The summed E-state index contributed by atoms with van der Waals surface area (Å²) in [6.45, 7) is 4.48. The van der Waals surface area contributed by atoms with Gasteiger partial charge in [-0.3, -0.25) is 4.90 Å². The fourth-order valence-corrected chi connectivity index (χ4v) is 5.94. The highest BCUT2D eigenvalue weighted by atomic mass is 19.1. The molecule has 3 aliphatic rings. The SMILES string of the molecule is CN(C)C(=O)N1CC2(CCN(C3CCN(c4ccc(F)cc4)CC3)CC2)c2cc(F)ccc21. The lowest BCUT2D eigenvalue weighted by Crippen LogP contribution is -2.52. The second-order valence-corrected chi connectivity index (χ2v) is 9.94. The number of carbonyl (C=O) groups excluding carboxylic acids is 1. The summed E-state index contributed by atoms with van der Waals surface area (Å²) in [5.74, 6) is -0.432. The molecule has 7 heteroatoms. The largest absolute Gasteiger partial charge is 0.371 e. The second kappa shape index (κ2) is 8.60. The highest BCUT2D eigenvalue weighted by molar-refractivity contribution is 5.95. The lowest BCUT2D eigenvalue weighted by atomic mass is 9.74. The summed E-state index contributed by atoms with van der Waals surface area (Å²) in [6.07, 6.45) is 4.03. The van der Waals surface area contributed by atoms with Crippen LogP contribution >= 0.6 is 0 Å². The van der Waals surface area contributed by atoms with Crippen LogP contribution in [-0.2, 0) is 5.41 Å². The second-order valence-electron chi connectivity index (χ2n) is 9.94. The van der Waals surface area contributed by atoms with E-state index in [4.69, 9.17) is 0 Å². The zero-order chi connectivity index (χ0) is 23.2. The molecule has 3 aliphatic heterocycles. The van der Waals surface area contributed by atoms with Gasteiger partial charge in [0, 0.05) is 56.6 Å². The Kier molecular flexibility index (Phi) is 5.77. The molecule has 5 nitrogen and oxygen atoms in total. The molecule has 1 spiro atoms. The molecule has 2 aromatic rings. The Hall–Kier alpha value is -2.67. The van der Waals surface area contributed by atoms with Gasteiger partial charge in [-0.05, 0) is 86.8 Å². The lowest BCUT2D eigenvalue weighted by Gasteiger charge is -2.45. The molecule has 176 valence electrons. The number of piperidine rings is 2. The molecule has 0 radical (unpaired) electrons. The van der Waals surface area contributed by atoms with Crippen LogP contribution < -0.4 is 9.80 Å². The van der Waals surface area contributed by atoms with Crippen molar-refractivity contribution in [3.05, 3.63) is 59.7 Å². The highest BCUT2D eigenvalue weighted by Gasteiger charge is 2.47.